The van der Waals surface area contributed by atoms with Crippen LogP contribution in [0, 0.1) is 0 Å². The van der Waals surface area contributed by atoms with Gasteiger partial charge in [0, 0.05) is 33.6 Å². The van der Waals surface area contributed by atoms with Crippen molar-refractivity contribution in [2.24, 2.45) is 0 Å². The highest BCUT2D eigenvalue weighted by Crippen LogP contribution is 2.34. The zero-order chi connectivity index (χ0) is 34.7. The summed E-state index contributed by atoms with van der Waals surface area (Å²) in [6, 6.07) is 16.5. The molecule has 0 fully saturated rings. The second-order valence-corrected chi connectivity index (χ2v) is 12.3. The van der Waals surface area contributed by atoms with Crippen molar-refractivity contribution >= 4 is 45.9 Å². The number of benzene rings is 2. The molecule has 0 saturated heterocycles. The number of carbonyl (C=O) groups excluding carboxylic acids is 1. The zero-order valence-electron chi connectivity index (χ0n) is 26.6. The Bertz CT molecular complexity index is 1670. The number of aromatic nitrogens is 2. The molecule has 0 radical (unpaired) electrons. The number of carboxylic acid groups (broad SMARTS) is 1. The molecule has 14 heteroatoms. The Morgan fingerprint density at radius 3 is 2.36 bits per heavy atom. The maximum absolute atomic E-state index is 13.8. The second-order valence-electron chi connectivity index (χ2n) is 10.7. The average Bonchev–Trinajstić information content (AvgIpc) is 3.00. The SMILES string of the molecule is CCOc1cc(C(Nc2ccc3c(N)nccc3c2)C(=O)NCc2ncccc2SC(C)C)ccc1OC(C)C.O=C(O)C(F)(F)F. The van der Waals surface area contributed by atoms with Gasteiger partial charge in [-0.1, -0.05) is 19.9 Å². The van der Waals surface area contributed by atoms with E-state index in [0.717, 1.165) is 32.6 Å². The molecule has 4 rings (SSSR count). The number of amides is 1. The van der Waals surface area contributed by atoms with Crippen molar-refractivity contribution in [2.45, 2.75) is 69.6 Å². The first-order valence-corrected chi connectivity index (χ1v) is 15.6. The molecule has 0 saturated carbocycles. The van der Waals surface area contributed by atoms with Gasteiger partial charge < -0.3 is 30.9 Å². The van der Waals surface area contributed by atoms with Gasteiger partial charge in [-0.05, 0) is 80.3 Å². The smallest absolute Gasteiger partial charge is 0.490 e. The fraction of sp³-hybridized carbons (Fsp3) is 0.333. The monoisotopic (exact) mass is 673 g/mol. The number of hydrogen-bond acceptors (Lipinski definition) is 9. The number of nitrogens with zero attached hydrogens (tertiary/aromatic N) is 2. The van der Waals surface area contributed by atoms with Crippen molar-refractivity contribution in [3.63, 3.8) is 0 Å². The summed E-state index contributed by atoms with van der Waals surface area (Å²) in [6.07, 6.45) is -1.68. The molecule has 10 nitrogen and oxygen atoms in total. The van der Waals surface area contributed by atoms with E-state index in [9.17, 15) is 18.0 Å². The maximum Gasteiger partial charge on any atom is 0.490 e. The minimum absolute atomic E-state index is 0.0157. The summed E-state index contributed by atoms with van der Waals surface area (Å²) in [7, 11) is 0. The Kier molecular flexibility index (Phi) is 13.1. The fourth-order valence-electron chi connectivity index (χ4n) is 4.27. The van der Waals surface area contributed by atoms with Gasteiger partial charge in [-0.3, -0.25) is 9.78 Å². The number of rotatable bonds is 12. The third kappa shape index (κ3) is 10.9. The highest BCUT2D eigenvalue weighted by molar-refractivity contribution is 8.00. The molecule has 5 N–H and O–H groups in total. The van der Waals surface area contributed by atoms with E-state index in [2.05, 4.69) is 34.4 Å². The summed E-state index contributed by atoms with van der Waals surface area (Å²) in [5, 5.41) is 15.8. The predicted molar refractivity (Wildman–Crippen MR) is 177 cm³/mol. The van der Waals surface area contributed by atoms with Crippen LogP contribution in [0.4, 0.5) is 24.7 Å². The maximum atomic E-state index is 13.8. The average molecular weight is 674 g/mol. The molecular weight excluding hydrogens is 635 g/mol. The summed E-state index contributed by atoms with van der Waals surface area (Å²) in [6.45, 7) is 10.9. The van der Waals surface area contributed by atoms with Crippen LogP contribution in [-0.2, 0) is 16.1 Å². The molecule has 0 bridgehead atoms. The standard InChI is InChI=1S/C31H37N5O3S.C2HF3O2/c1-6-38-27-17-22(9-12-26(27)39-19(2)3)29(36-23-10-11-24-21(16-23)13-15-34-30(24)32)31(37)35-18-25-28(40-20(4)5)8-7-14-33-25;3-2(4,5)1(6)7/h7-17,19-20,29,36H,6,18H2,1-5H3,(H2,32,34)(H,35,37);(H,6,7). The Morgan fingerprint density at radius 1 is 1.00 bits per heavy atom. The number of nitrogen functional groups attached to an aromatic ring is 1. The van der Waals surface area contributed by atoms with Crippen molar-refractivity contribution in [3.05, 3.63) is 78.2 Å². The summed E-state index contributed by atoms with van der Waals surface area (Å²) >= 11 is 1.72. The first kappa shape index (κ1) is 36.7. The summed E-state index contributed by atoms with van der Waals surface area (Å²) in [5.74, 6) is -1.26. The molecule has 1 unspecified atom stereocenters. The van der Waals surface area contributed by atoms with E-state index in [1.165, 1.54) is 0 Å². The number of ether oxygens (including phenoxy) is 2. The summed E-state index contributed by atoms with van der Waals surface area (Å²) in [5.41, 5.74) is 8.39. The molecule has 1 atom stereocenters. The molecule has 4 aromatic rings. The molecule has 1 amide bonds. The lowest BCUT2D eigenvalue weighted by Gasteiger charge is -2.22. The van der Waals surface area contributed by atoms with E-state index in [1.807, 2.05) is 75.4 Å². The third-order valence-corrected chi connectivity index (χ3v) is 7.31. The van der Waals surface area contributed by atoms with Gasteiger partial charge in [0.15, 0.2) is 11.5 Å². The van der Waals surface area contributed by atoms with Crippen molar-refractivity contribution in [3.8, 4) is 11.5 Å². The lowest BCUT2D eigenvalue weighted by Crippen LogP contribution is -2.33. The molecule has 2 aromatic heterocycles. The van der Waals surface area contributed by atoms with Crippen LogP contribution in [0.5, 0.6) is 11.5 Å². The second kappa shape index (κ2) is 16.7. The van der Waals surface area contributed by atoms with Crippen molar-refractivity contribution in [2.75, 3.05) is 17.7 Å². The van der Waals surface area contributed by atoms with Crippen LogP contribution in [-0.4, -0.2) is 51.1 Å². The van der Waals surface area contributed by atoms with Gasteiger partial charge in [0.1, 0.15) is 11.9 Å². The number of halogens is 3. The third-order valence-electron chi connectivity index (χ3n) is 6.22. The lowest BCUT2D eigenvalue weighted by molar-refractivity contribution is -0.192. The predicted octanol–water partition coefficient (Wildman–Crippen LogP) is 7.00. The Balaban J connectivity index is 0.000000771. The molecular formula is C33H38F3N5O5S. The lowest BCUT2D eigenvalue weighted by atomic mass is 10.0. The van der Waals surface area contributed by atoms with Gasteiger partial charge in [0.25, 0.3) is 0 Å². The molecule has 0 aliphatic carbocycles. The van der Waals surface area contributed by atoms with Gasteiger partial charge in [-0.2, -0.15) is 13.2 Å². The molecule has 47 heavy (non-hydrogen) atoms. The molecule has 0 spiro atoms. The topological polar surface area (TPSA) is 149 Å². The molecule has 0 aliphatic heterocycles. The zero-order valence-corrected chi connectivity index (χ0v) is 27.4. The Morgan fingerprint density at radius 2 is 1.72 bits per heavy atom. The number of hydrogen-bond donors (Lipinski definition) is 4. The number of anilines is 2. The van der Waals surface area contributed by atoms with E-state index in [4.69, 9.17) is 25.1 Å². The fourth-order valence-corrected chi connectivity index (χ4v) is 5.20. The first-order chi connectivity index (χ1) is 22.2. The van der Waals surface area contributed by atoms with E-state index in [-0.39, 0.29) is 12.0 Å². The Hall–Kier alpha value is -4.72. The number of nitrogens with one attached hydrogen (secondary N) is 2. The largest absolute Gasteiger partial charge is 0.490 e. The van der Waals surface area contributed by atoms with Crippen LogP contribution >= 0.6 is 11.8 Å². The van der Waals surface area contributed by atoms with E-state index in [1.54, 1.807) is 24.2 Å². The van der Waals surface area contributed by atoms with Gasteiger partial charge >= 0.3 is 12.1 Å². The number of aliphatic carboxylic acids is 1. The van der Waals surface area contributed by atoms with Gasteiger partial charge in [0.05, 0.1) is 24.9 Å². The highest BCUT2D eigenvalue weighted by Gasteiger charge is 2.38. The van der Waals surface area contributed by atoms with Crippen molar-refractivity contribution in [1.29, 1.82) is 0 Å². The minimum Gasteiger partial charge on any atom is -0.490 e. The van der Waals surface area contributed by atoms with Crippen LogP contribution in [0.3, 0.4) is 0 Å². The first-order valence-electron chi connectivity index (χ1n) is 14.7. The van der Waals surface area contributed by atoms with E-state index in [0.29, 0.717) is 35.7 Å². The van der Waals surface area contributed by atoms with Crippen LogP contribution in [0.2, 0.25) is 0 Å². The van der Waals surface area contributed by atoms with Crippen molar-refractivity contribution < 1.29 is 37.3 Å². The number of fused-ring (bicyclic) bond motifs is 1. The number of carbonyl (C=O) groups is 2. The summed E-state index contributed by atoms with van der Waals surface area (Å²) in [4.78, 5) is 32.4. The number of nitrogens with two attached hydrogens (primary N) is 1. The van der Waals surface area contributed by atoms with E-state index >= 15 is 0 Å². The van der Waals surface area contributed by atoms with Gasteiger partial charge in [-0.25, -0.2) is 9.78 Å². The molecule has 252 valence electrons. The molecule has 2 aromatic carbocycles. The quantitative estimate of drug-likeness (QED) is 0.116. The van der Waals surface area contributed by atoms with Crippen LogP contribution in [0.1, 0.15) is 51.9 Å². The summed E-state index contributed by atoms with van der Waals surface area (Å²) < 4.78 is 43.6. The highest BCUT2D eigenvalue weighted by atomic mass is 32.2. The van der Waals surface area contributed by atoms with Crippen LogP contribution in [0.25, 0.3) is 10.8 Å². The van der Waals surface area contributed by atoms with Gasteiger partial charge in [-0.15, -0.1) is 11.8 Å². The minimum atomic E-state index is -5.08. The molecule has 0 aliphatic rings. The van der Waals surface area contributed by atoms with E-state index < -0.39 is 18.2 Å². The normalized spacial score (nSPS) is 11.9. The number of thioether (sulfide) groups is 1. The Labute approximate surface area is 275 Å². The van der Waals surface area contributed by atoms with Crippen LogP contribution < -0.4 is 25.8 Å². The number of alkyl halides is 3. The van der Waals surface area contributed by atoms with Crippen LogP contribution in [0.15, 0.2) is 71.9 Å². The number of carboxylic acids is 1. The number of pyridine rings is 2. The molecule has 2 heterocycles. The van der Waals surface area contributed by atoms with Crippen molar-refractivity contribution in [1.82, 2.24) is 15.3 Å². The van der Waals surface area contributed by atoms with Gasteiger partial charge in [0.2, 0.25) is 5.91 Å².